The summed E-state index contributed by atoms with van der Waals surface area (Å²) in [7, 11) is 1.89. The standard InChI is InChI=1S/C17H24N4OS/c1-14-9-18-21(10-14)11-15-5-3-7-20(15)13-17(22)19(2)12-16-6-4-8-23-16/h4,6,8-10,15H,3,5,7,11-13H2,1-2H3/t15-/m0/s1. The van der Waals surface area contributed by atoms with Crippen LogP contribution in [0.5, 0.6) is 0 Å². The van der Waals surface area contributed by atoms with E-state index in [1.54, 1.807) is 11.3 Å². The summed E-state index contributed by atoms with van der Waals surface area (Å²) in [5, 5.41) is 6.43. The van der Waals surface area contributed by atoms with Gasteiger partial charge in [-0.25, -0.2) is 0 Å². The lowest BCUT2D eigenvalue weighted by Crippen LogP contribution is -2.41. The third kappa shape index (κ3) is 4.20. The third-order valence-electron chi connectivity index (χ3n) is 4.40. The molecule has 1 aliphatic rings. The molecule has 23 heavy (non-hydrogen) atoms. The molecular weight excluding hydrogens is 308 g/mol. The number of hydrogen-bond acceptors (Lipinski definition) is 4. The van der Waals surface area contributed by atoms with Gasteiger partial charge in [0.2, 0.25) is 5.91 Å². The Morgan fingerprint density at radius 2 is 2.39 bits per heavy atom. The van der Waals surface area contributed by atoms with Crippen molar-refractivity contribution in [3.05, 3.63) is 40.3 Å². The van der Waals surface area contributed by atoms with Gasteiger partial charge in [0.15, 0.2) is 0 Å². The molecule has 5 nitrogen and oxygen atoms in total. The number of carbonyl (C=O) groups is 1. The van der Waals surface area contributed by atoms with Gasteiger partial charge in [-0.05, 0) is 43.3 Å². The fourth-order valence-electron chi connectivity index (χ4n) is 3.11. The average molecular weight is 332 g/mol. The second kappa shape index (κ2) is 7.27. The van der Waals surface area contributed by atoms with Crippen molar-refractivity contribution in [2.75, 3.05) is 20.1 Å². The van der Waals surface area contributed by atoms with E-state index in [1.165, 1.54) is 10.4 Å². The summed E-state index contributed by atoms with van der Waals surface area (Å²) in [6, 6.07) is 4.52. The first kappa shape index (κ1) is 16.2. The molecule has 1 atom stereocenters. The van der Waals surface area contributed by atoms with Crippen LogP contribution in [-0.4, -0.2) is 51.7 Å². The Kier molecular flexibility index (Phi) is 5.13. The summed E-state index contributed by atoms with van der Waals surface area (Å²) in [6.45, 7) is 5.14. The van der Waals surface area contributed by atoms with Gasteiger partial charge in [0, 0.05) is 24.2 Å². The summed E-state index contributed by atoms with van der Waals surface area (Å²) in [6.07, 6.45) is 6.26. The number of aryl methyl sites for hydroxylation is 1. The number of likely N-dealkylation sites (N-methyl/N-ethyl adjacent to an activating group) is 1. The maximum absolute atomic E-state index is 12.5. The van der Waals surface area contributed by atoms with Crippen molar-refractivity contribution in [3.63, 3.8) is 0 Å². The van der Waals surface area contributed by atoms with Crippen LogP contribution in [0.3, 0.4) is 0 Å². The van der Waals surface area contributed by atoms with Crippen LogP contribution in [0.15, 0.2) is 29.9 Å². The smallest absolute Gasteiger partial charge is 0.236 e. The Bertz CT molecular complexity index is 637. The minimum absolute atomic E-state index is 0.196. The Morgan fingerprint density at radius 1 is 1.52 bits per heavy atom. The van der Waals surface area contributed by atoms with Crippen molar-refractivity contribution in [2.45, 2.75) is 38.9 Å². The SMILES string of the molecule is Cc1cnn(C[C@@H]2CCCN2CC(=O)N(C)Cc2cccs2)c1. The Morgan fingerprint density at radius 3 is 3.09 bits per heavy atom. The first-order valence-corrected chi connectivity index (χ1v) is 8.99. The van der Waals surface area contributed by atoms with Crippen molar-refractivity contribution in [2.24, 2.45) is 0 Å². The molecule has 2 aromatic heterocycles. The zero-order chi connectivity index (χ0) is 16.2. The molecule has 1 aliphatic heterocycles. The summed E-state index contributed by atoms with van der Waals surface area (Å²) >= 11 is 1.70. The summed E-state index contributed by atoms with van der Waals surface area (Å²) < 4.78 is 2.00. The Labute approximate surface area is 141 Å². The van der Waals surface area contributed by atoms with E-state index in [1.807, 2.05) is 28.9 Å². The van der Waals surface area contributed by atoms with E-state index in [2.05, 4.69) is 34.6 Å². The molecule has 1 fully saturated rings. The molecule has 3 heterocycles. The summed E-state index contributed by atoms with van der Waals surface area (Å²) in [4.78, 5) is 17.9. The van der Waals surface area contributed by atoms with Crippen LogP contribution in [0.2, 0.25) is 0 Å². The maximum atomic E-state index is 12.5. The molecule has 0 aromatic carbocycles. The van der Waals surface area contributed by atoms with Crippen LogP contribution in [0.4, 0.5) is 0 Å². The highest BCUT2D eigenvalue weighted by Crippen LogP contribution is 2.19. The van der Waals surface area contributed by atoms with Gasteiger partial charge in [-0.3, -0.25) is 14.4 Å². The lowest BCUT2D eigenvalue weighted by Gasteiger charge is -2.26. The van der Waals surface area contributed by atoms with Crippen LogP contribution in [0.1, 0.15) is 23.3 Å². The highest BCUT2D eigenvalue weighted by Gasteiger charge is 2.27. The number of likely N-dealkylation sites (tertiary alicyclic amines) is 1. The number of rotatable bonds is 6. The minimum atomic E-state index is 0.196. The number of carbonyl (C=O) groups excluding carboxylic acids is 1. The van der Waals surface area contributed by atoms with E-state index in [-0.39, 0.29) is 5.91 Å². The average Bonchev–Trinajstić information content (AvgIpc) is 3.24. The lowest BCUT2D eigenvalue weighted by molar-refractivity contribution is -0.131. The van der Waals surface area contributed by atoms with E-state index in [4.69, 9.17) is 0 Å². The number of hydrogen-bond donors (Lipinski definition) is 0. The first-order valence-electron chi connectivity index (χ1n) is 8.11. The summed E-state index contributed by atoms with van der Waals surface area (Å²) in [5.74, 6) is 0.196. The van der Waals surface area contributed by atoms with Gasteiger partial charge in [0.05, 0.1) is 25.8 Å². The number of amides is 1. The van der Waals surface area contributed by atoms with E-state index < -0.39 is 0 Å². The molecule has 0 bridgehead atoms. The van der Waals surface area contributed by atoms with Gasteiger partial charge < -0.3 is 4.90 Å². The Hall–Kier alpha value is -1.66. The van der Waals surface area contributed by atoms with E-state index in [0.717, 1.165) is 25.9 Å². The van der Waals surface area contributed by atoms with Crippen LogP contribution < -0.4 is 0 Å². The van der Waals surface area contributed by atoms with E-state index in [0.29, 0.717) is 19.1 Å². The van der Waals surface area contributed by atoms with Crippen LogP contribution in [0, 0.1) is 6.92 Å². The fraction of sp³-hybridized carbons (Fsp3) is 0.529. The minimum Gasteiger partial charge on any atom is -0.340 e. The van der Waals surface area contributed by atoms with Crippen LogP contribution >= 0.6 is 11.3 Å². The summed E-state index contributed by atoms with van der Waals surface area (Å²) in [5.41, 5.74) is 1.18. The molecule has 0 unspecified atom stereocenters. The van der Waals surface area contributed by atoms with Crippen molar-refractivity contribution in [1.29, 1.82) is 0 Å². The maximum Gasteiger partial charge on any atom is 0.236 e. The van der Waals surface area contributed by atoms with Crippen molar-refractivity contribution < 1.29 is 4.79 Å². The second-order valence-corrected chi connectivity index (χ2v) is 7.37. The number of nitrogens with zero attached hydrogens (tertiary/aromatic N) is 4. The monoisotopic (exact) mass is 332 g/mol. The van der Waals surface area contributed by atoms with Gasteiger partial charge in [-0.1, -0.05) is 6.07 Å². The molecule has 0 radical (unpaired) electrons. The predicted molar refractivity (Wildman–Crippen MR) is 92.4 cm³/mol. The number of aromatic nitrogens is 2. The van der Waals surface area contributed by atoms with Crippen molar-refractivity contribution >= 4 is 17.2 Å². The van der Waals surface area contributed by atoms with Crippen molar-refractivity contribution in [1.82, 2.24) is 19.6 Å². The molecule has 0 N–H and O–H groups in total. The van der Waals surface area contributed by atoms with Gasteiger partial charge in [-0.15, -0.1) is 11.3 Å². The third-order valence-corrected chi connectivity index (χ3v) is 5.26. The largest absolute Gasteiger partial charge is 0.340 e. The first-order chi connectivity index (χ1) is 11.1. The molecule has 6 heteroatoms. The van der Waals surface area contributed by atoms with Gasteiger partial charge in [0.1, 0.15) is 0 Å². The topological polar surface area (TPSA) is 41.4 Å². The van der Waals surface area contributed by atoms with Crippen molar-refractivity contribution in [3.8, 4) is 0 Å². The Balaban J connectivity index is 1.54. The molecule has 2 aromatic rings. The molecule has 0 saturated carbocycles. The zero-order valence-electron chi connectivity index (χ0n) is 13.8. The van der Waals surface area contributed by atoms with Crippen LogP contribution in [0.25, 0.3) is 0 Å². The van der Waals surface area contributed by atoms with Gasteiger partial charge in [-0.2, -0.15) is 5.10 Å². The molecule has 0 aliphatic carbocycles. The lowest BCUT2D eigenvalue weighted by atomic mass is 10.2. The van der Waals surface area contributed by atoms with E-state index >= 15 is 0 Å². The van der Waals surface area contributed by atoms with Gasteiger partial charge >= 0.3 is 0 Å². The normalized spacial score (nSPS) is 18.4. The quantitative estimate of drug-likeness (QED) is 0.815. The molecular formula is C17H24N4OS. The predicted octanol–water partition coefficient (Wildman–Crippen LogP) is 2.38. The highest BCUT2D eigenvalue weighted by atomic mass is 32.1. The second-order valence-electron chi connectivity index (χ2n) is 6.34. The van der Waals surface area contributed by atoms with Gasteiger partial charge in [0.25, 0.3) is 0 Å². The van der Waals surface area contributed by atoms with Crippen LogP contribution in [-0.2, 0) is 17.9 Å². The fourth-order valence-corrected chi connectivity index (χ4v) is 3.87. The zero-order valence-corrected chi connectivity index (χ0v) is 14.6. The molecule has 0 spiro atoms. The highest BCUT2D eigenvalue weighted by molar-refractivity contribution is 7.09. The number of thiophene rings is 1. The molecule has 1 saturated heterocycles. The molecule has 1 amide bonds. The molecule has 3 rings (SSSR count). The van der Waals surface area contributed by atoms with E-state index in [9.17, 15) is 4.79 Å². The molecule has 124 valence electrons.